The number of nitrogens with one attached hydrogen (secondary N) is 3. The zero-order valence-corrected chi connectivity index (χ0v) is 11.0. The fourth-order valence-electron chi connectivity index (χ4n) is 2.07. The molecule has 0 amide bonds. The Morgan fingerprint density at radius 3 is 2.90 bits per heavy atom. The largest absolute Gasteiger partial charge is 0.394 e. The van der Waals surface area contributed by atoms with Crippen molar-refractivity contribution in [2.24, 2.45) is 0 Å². The van der Waals surface area contributed by atoms with Crippen LogP contribution in [0.4, 0.5) is 5.95 Å². The molecule has 0 saturated carbocycles. The second-order valence-corrected chi connectivity index (χ2v) is 4.81. The molecule has 4 atom stereocenters. The van der Waals surface area contributed by atoms with Crippen molar-refractivity contribution < 1.29 is 20.1 Å². The lowest BCUT2D eigenvalue weighted by atomic mass is 10.1. The first-order valence-electron chi connectivity index (χ1n) is 5.92. The number of aliphatic hydroxyl groups excluding tert-OH is 3. The summed E-state index contributed by atoms with van der Waals surface area (Å²) in [5.74, 6) is 0.254. The summed E-state index contributed by atoms with van der Waals surface area (Å²) in [5, 5.41) is 31.3. The van der Waals surface area contributed by atoms with Crippen LogP contribution >= 0.6 is 12.2 Å². The van der Waals surface area contributed by atoms with Gasteiger partial charge in [0.1, 0.15) is 23.8 Å². The highest BCUT2D eigenvalue weighted by Crippen LogP contribution is 2.22. The number of ether oxygens (including phenoxy) is 1. The molecular formula is C10H13N5O4S. The Balaban J connectivity index is 1.84. The van der Waals surface area contributed by atoms with Crippen LogP contribution in [0.1, 0.15) is 0 Å². The van der Waals surface area contributed by atoms with Gasteiger partial charge in [-0.25, -0.2) is 9.97 Å². The van der Waals surface area contributed by atoms with Gasteiger partial charge in [-0.05, 0) is 0 Å². The summed E-state index contributed by atoms with van der Waals surface area (Å²) in [4.78, 5) is 13.8. The van der Waals surface area contributed by atoms with Crippen LogP contribution in [0.5, 0.6) is 0 Å². The maximum atomic E-state index is 9.82. The molecule has 1 aliphatic heterocycles. The molecule has 9 nitrogen and oxygen atoms in total. The Kier molecular flexibility index (Phi) is 3.40. The van der Waals surface area contributed by atoms with Crippen molar-refractivity contribution in [2.45, 2.75) is 24.5 Å². The SMILES string of the molecule is OC[C@@H]1O[C@H](Nc2nc(=S)c3[nH]cnc3[nH]2)[C@@H](O)[C@H]1O. The third-order valence-electron chi connectivity index (χ3n) is 3.12. The Bertz CT molecular complexity index is 673. The van der Waals surface area contributed by atoms with Gasteiger partial charge in [0, 0.05) is 0 Å². The van der Waals surface area contributed by atoms with Gasteiger partial charge in [0.05, 0.1) is 12.9 Å². The first-order chi connectivity index (χ1) is 9.60. The Labute approximate surface area is 117 Å². The molecule has 1 saturated heterocycles. The molecule has 2 aromatic heterocycles. The van der Waals surface area contributed by atoms with Gasteiger partial charge < -0.3 is 35.3 Å². The normalized spacial score (nSPS) is 29.9. The van der Waals surface area contributed by atoms with Gasteiger partial charge in [0.15, 0.2) is 16.5 Å². The van der Waals surface area contributed by atoms with Crippen LogP contribution in [0.25, 0.3) is 11.2 Å². The molecule has 1 fully saturated rings. The quantitative estimate of drug-likeness (QED) is 0.391. The average Bonchev–Trinajstić information content (AvgIpc) is 2.99. The number of hydrogen-bond donors (Lipinski definition) is 6. The lowest BCUT2D eigenvalue weighted by Gasteiger charge is -2.16. The number of fused-ring (bicyclic) bond motifs is 1. The van der Waals surface area contributed by atoms with E-state index < -0.39 is 31.1 Å². The molecule has 0 aromatic carbocycles. The van der Waals surface area contributed by atoms with E-state index in [4.69, 9.17) is 22.1 Å². The third kappa shape index (κ3) is 2.17. The van der Waals surface area contributed by atoms with Crippen molar-refractivity contribution >= 4 is 29.3 Å². The van der Waals surface area contributed by atoms with E-state index in [1.807, 2.05) is 0 Å². The minimum absolute atomic E-state index is 0.254. The molecule has 0 spiro atoms. The number of aromatic nitrogens is 4. The summed E-state index contributed by atoms with van der Waals surface area (Å²) in [7, 11) is 0. The van der Waals surface area contributed by atoms with Crippen molar-refractivity contribution in [3.8, 4) is 0 Å². The van der Waals surface area contributed by atoms with Crippen LogP contribution in [0.2, 0.25) is 0 Å². The van der Waals surface area contributed by atoms with Crippen molar-refractivity contribution in [1.29, 1.82) is 0 Å². The van der Waals surface area contributed by atoms with Crippen LogP contribution in [-0.2, 0) is 4.74 Å². The minimum atomic E-state index is -1.19. The minimum Gasteiger partial charge on any atom is -0.394 e. The van der Waals surface area contributed by atoms with Crippen molar-refractivity contribution in [2.75, 3.05) is 11.9 Å². The number of hydrogen-bond acceptors (Lipinski definition) is 8. The Morgan fingerprint density at radius 1 is 1.40 bits per heavy atom. The number of aliphatic hydroxyl groups is 3. The van der Waals surface area contributed by atoms with E-state index >= 15 is 0 Å². The predicted molar refractivity (Wildman–Crippen MR) is 70.5 cm³/mol. The summed E-state index contributed by atoms with van der Waals surface area (Å²) in [6.45, 7) is -0.391. The van der Waals surface area contributed by atoms with Gasteiger partial charge >= 0.3 is 0 Å². The second kappa shape index (κ2) is 5.07. The van der Waals surface area contributed by atoms with E-state index in [0.717, 1.165) is 0 Å². The van der Waals surface area contributed by atoms with Crippen LogP contribution in [-0.4, -0.2) is 66.4 Å². The molecule has 10 heteroatoms. The molecule has 6 N–H and O–H groups in total. The number of anilines is 1. The fraction of sp³-hybridized carbons (Fsp3) is 0.500. The number of nitrogens with zero attached hydrogens (tertiary/aromatic N) is 2. The highest BCUT2D eigenvalue weighted by Gasteiger charge is 2.42. The predicted octanol–water partition coefficient (Wildman–Crippen LogP) is -1.13. The molecular weight excluding hydrogens is 286 g/mol. The van der Waals surface area contributed by atoms with Crippen molar-refractivity contribution in [3.05, 3.63) is 11.0 Å². The Hall–Kier alpha value is -1.59. The van der Waals surface area contributed by atoms with E-state index in [1.165, 1.54) is 6.33 Å². The van der Waals surface area contributed by atoms with Crippen LogP contribution < -0.4 is 5.32 Å². The molecule has 2 aromatic rings. The second-order valence-electron chi connectivity index (χ2n) is 4.42. The van der Waals surface area contributed by atoms with E-state index in [-0.39, 0.29) is 5.95 Å². The third-order valence-corrected chi connectivity index (χ3v) is 3.42. The molecule has 3 rings (SSSR count). The van der Waals surface area contributed by atoms with E-state index in [9.17, 15) is 10.2 Å². The summed E-state index contributed by atoms with van der Waals surface area (Å²) in [6, 6.07) is 0. The van der Waals surface area contributed by atoms with Gasteiger partial charge in [-0.2, -0.15) is 0 Å². The average molecular weight is 299 g/mol. The molecule has 3 heterocycles. The van der Waals surface area contributed by atoms with Gasteiger partial charge in [-0.15, -0.1) is 0 Å². The van der Waals surface area contributed by atoms with Gasteiger partial charge in [-0.1, -0.05) is 12.2 Å². The lowest BCUT2D eigenvalue weighted by Crippen LogP contribution is -2.36. The monoisotopic (exact) mass is 299 g/mol. The molecule has 0 radical (unpaired) electrons. The maximum absolute atomic E-state index is 9.82. The molecule has 108 valence electrons. The molecule has 0 aliphatic carbocycles. The topological polar surface area (TPSA) is 139 Å². The molecule has 20 heavy (non-hydrogen) atoms. The van der Waals surface area contributed by atoms with Gasteiger partial charge in [0.2, 0.25) is 5.95 Å². The van der Waals surface area contributed by atoms with Gasteiger partial charge in [0.25, 0.3) is 0 Å². The number of imidazole rings is 1. The number of aromatic amines is 2. The zero-order chi connectivity index (χ0) is 14.3. The van der Waals surface area contributed by atoms with E-state index in [1.54, 1.807) is 0 Å². The first-order valence-corrected chi connectivity index (χ1v) is 6.33. The van der Waals surface area contributed by atoms with Crippen LogP contribution in [0.15, 0.2) is 6.33 Å². The van der Waals surface area contributed by atoms with Crippen molar-refractivity contribution in [1.82, 2.24) is 19.9 Å². The summed E-state index contributed by atoms with van der Waals surface area (Å²) in [5.41, 5.74) is 1.12. The van der Waals surface area contributed by atoms with Crippen LogP contribution in [0.3, 0.4) is 0 Å². The Morgan fingerprint density at radius 2 is 2.20 bits per heavy atom. The smallest absolute Gasteiger partial charge is 0.205 e. The highest BCUT2D eigenvalue weighted by atomic mass is 32.1. The summed E-state index contributed by atoms with van der Waals surface area (Å²) in [6.07, 6.45) is -2.63. The zero-order valence-electron chi connectivity index (χ0n) is 10.1. The molecule has 0 unspecified atom stereocenters. The fourth-order valence-corrected chi connectivity index (χ4v) is 2.32. The molecule has 0 bridgehead atoms. The van der Waals surface area contributed by atoms with E-state index in [0.29, 0.717) is 15.8 Å². The number of H-pyrrole nitrogens is 2. The van der Waals surface area contributed by atoms with Crippen molar-refractivity contribution in [3.63, 3.8) is 0 Å². The van der Waals surface area contributed by atoms with Gasteiger partial charge in [-0.3, -0.25) is 0 Å². The van der Waals surface area contributed by atoms with E-state index in [2.05, 4.69) is 25.3 Å². The summed E-state index contributed by atoms with van der Waals surface area (Å²) >= 11 is 5.10. The lowest BCUT2D eigenvalue weighted by molar-refractivity contribution is -0.0154. The highest BCUT2D eigenvalue weighted by molar-refractivity contribution is 7.71. The maximum Gasteiger partial charge on any atom is 0.205 e. The first kappa shape index (κ1) is 13.4. The standard InChI is InChI=1S/C10H13N5O4S/c16-1-3-5(17)6(18)8(19-3)14-10-13-7-4(9(20)15-10)11-2-12-7/h2-3,5-6,8,16-18H,1H2,(H3,11,12,13,14,15,20)/t3-,5-,6-,8-/m0/s1. The van der Waals surface area contributed by atoms with Crippen LogP contribution in [0, 0.1) is 4.64 Å². The number of rotatable bonds is 3. The molecule has 1 aliphatic rings. The summed E-state index contributed by atoms with van der Waals surface area (Å²) < 4.78 is 5.60.